The maximum absolute atomic E-state index is 9.70. The van der Waals surface area contributed by atoms with E-state index >= 15 is 0 Å². The van der Waals surface area contributed by atoms with Crippen molar-refractivity contribution < 1.29 is 28.8 Å². The summed E-state index contributed by atoms with van der Waals surface area (Å²) < 4.78 is 27.2. The maximum atomic E-state index is 9.70. The number of rotatable bonds is 7. The smallest absolute Gasteiger partial charge is 0.287 e. The molecule has 1 aliphatic heterocycles. The second-order valence-corrected chi connectivity index (χ2v) is 5.30. The highest BCUT2D eigenvalue weighted by Gasteiger charge is 2.56. The molecule has 0 aromatic carbocycles. The number of aliphatic hydroxyl groups excluding tert-OH is 1. The van der Waals surface area contributed by atoms with Gasteiger partial charge in [-0.2, -0.15) is 0 Å². The highest BCUT2D eigenvalue weighted by molar-refractivity contribution is 5.75. The van der Waals surface area contributed by atoms with Crippen molar-refractivity contribution in [2.24, 2.45) is 10.9 Å². The van der Waals surface area contributed by atoms with E-state index in [2.05, 4.69) is 4.99 Å². The lowest BCUT2D eigenvalue weighted by molar-refractivity contribution is -0.161. The van der Waals surface area contributed by atoms with E-state index in [1.165, 1.54) is 0 Å². The topological polar surface area (TPSA) is 82.0 Å². The number of aliphatic hydroxyl groups is 1. The van der Waals surface area contributed by atoms with Crippen LogP contribution < -0.4 is 0 Å². The molecule has 2 aliphatic rings. The van der Waals surface area contributed by atoms with Gasteiger partial charge in [-0.15, -0.1) is 0 Å². The zero-order valence-corrected chi connectivity index (χ0v) is 12.9. The third-order valence-corrected chi connectivity index (χ3v) is 3.69. The molecule has 0 radical (unpaired) electrons. The van der Waals surface area contributed by atoms with Gasteiger partial charge in [-0.1, -0.05) is 0 Å². The molecule has 1 N–H and O–H groups in total. The average molecular weight is 304 g/mol. The SMILES string of the molecule is COCO[C@@H]1[C@@H](CO)[C@@H]2OC(N(C)C)=N[C@@H]2[C@H]1OCOC. The Bertz CT molecular complexity index is 365. The normalized spacial score (nSPS) is 34.5. The molecule has 8 nitrogen and oxygen atoms in total. The van der Waals surface area contributed by atoms with Crippen LogP contribution in [0.5, 0.6) is 0 Å². The molecule has 0 aromatic rings. The first-order chi connectivity index (χ1) is 10.1. The Kier molecular flexibility index (Phi) is 5.77. The molecule has 2 rings (SSSR count). The molecule has 0 unspecified atom stereocenters. The van der Waals surface area contributed by atoms with E-state index in [0.717, 1.165) is 0 Å². The fraction of sp³-hybridized carbons (Fsp3) is 0.923. The first-order valence-corrected chi connectivity index (χ1v) is 6.87. The highest BCUT2D eigenvalue weighted by atomic mass is 16.7. The fourth-order valence-corrected chi connectivity index (χ4v) is 2.78. The van der Waals surface area contributed by atoms with E-state index < -0.39 is 0 Å². The molecule has 1 fully saturated rings. The standard InChI is InChI=1S/C13H24N2O6/c1-15(2)13-14-9-10(21-13)8(5-16)11(19-6-17-3)12(9)20-7-18-4/h8-12,16H,5-7H2,1-4H3/t8-,9-,10-,11+,12+/m0/s1. The van der Waals surface area contributed by atoms with Crippen LogP contribution in [0.15, 0.2) is 4.99 Å². The molecule has 0 aromatic heterocycles. The Hall–Kier alpha value is -0.930. The molecule has 0 bridgehead atoms. The first kappa shape index (κ1) is 16.4. The molecular formula is C13H24N2O6. The van der Waals surface area contributed by atoms with Crippen LogP contribution in [-0.2, 0) is 23.7 Å². The Morgan fingerprint density at radius 1 is 1.14 bits per heavy atom. The molecular weight excluding hydrogens is 280 g/mol. The van der Waals surface area contributed by atoms with Gasteiger partial charge in [-0.25, -0.2) is 4.99 Å². The zero-order chi connectivity index (χ0) is 15.4. The van der Waals surface area contributed by atoms with Crippen LogP contribution in [0, 0.1) is 5.92 Å². The van der Waals surface area contributed by atoms with Gasteiger partial charge >= 0.3 is 0 Å². The molecule has 5 atom stereocenters. The monoisotopic (exact) mass is 304 g/mol. The minimum Gasteiger partial charge on any atom is -0.459 e. The van der Waals surface area contributed by atoms with Gasteiger partial charge in [0.2, 0.25) is 0 Å². The van der Waals surface area contributed by atoms with Gasteiger partial charge in [0.1, 0.15) is 31.8 Å². The summed E-state index contributed by atoms with van der Waals surface area (Å²) >= 11 is 0. The minimum atomic E-state index is -0.354. The van der Waals surface area contributed by atoms with E-state index in [0.29, 0.717) is 6.02 Å². The van der Waals surface area contributed by atoms with Crippen molar-refractivity contribution >= 4 is 6.02 Å². The van der Waals surface area contributed by atoms with Gasteiger partial charge < -0.3 is 33.7 Å². The summed E-state index contributed by atoms with van der Waals surface area (Å²) in [5.41, 5.74) is 0. The summed E-state index contributed by atoms with van der Waals surface area (Å²) in [6, 6.07) is 0.316. The van der Waals surface area contributed by atoms with E-state index in [1.54, 1.807) is 19.1 Å². The van der Waals surface area contributed by atoms with Crippen molar-refractivity contribution in [2.45, 2.75) is 24.4 Å². The summed E-state index contributed by atoms with van der Waals surface area (Å²) in [6.45, 7) is 0.183. The number of hydrogen-bond acceptors (Lipinski definition) is 8. The number of ether oxygens (including phenoxy) is 5. The summed E-state index contributed by atoms with van der Waals surface area (Å²) in [5.74, 6) is -0.229. The number of nitrogens with zero attached hydrogens (tertiary/aromatic N) is 2. The van der Waals surface area contributed by atoms with Crippen molar-refractivity contribution in [3.05, 3.63) is 0 Å². The molecule has 21 heavy (non-hydrogen) atoms. The number of hydrogen-bond donors (Lipinski definition) is 1. The lowest BCUT2D eigenvalue weighted by Gasteiger charge is -2.26. The predicted octanol–water partition coefficient (Wildman–Crippen LogP) is -0.728. The van der Waals surface area contributed by atoms with Crippen molar-refractivity contribution in [1.29, 1.82) is 0 Å². The number of methoxy groups -OCH3 is 2. The van der Waals surface area contributed by atoms with Crippen molar-refractivity contribution in [1.82, 2.24) is 4.90 Å². The van der Waals surface area contributed by atoms with Crippen LogP contribution in [0.25, 0.3) is 0 Å². The zero-order valence-electron chi connectivity index (χ0n) is 12.9. The Balaban J connectivity index is 2.17. The highest BCUT2D eigenvalue weighted by Crippen LogP contribution is 2.39. The van der Waals surface area contributed by atoms with Crippen LogP contribution >= 0.6 is 0 Å². The summed E-state index contributed by atoms with van der Waals surface area (Å²) in [4.78, 5) is 6.35. The lowest BCUT2D eigenvalue weighted by Crippen LogP contribution is -2.38. The molecule has 8 heteroatoms. The number of fused-ring (bicyclic) bond motifs is 1. The van der Waals surface area contributed by atoms with Crippen molar-refractivity contribution in [2.75, 3.05) is 48.5 Å². The van der Waals surface area contributed by atoms with Gasteiger partial charge in [-0.3, -0.25) is 0 Å². The van der Waals surface area contributed by atoms with Gasteiger partial charge in [0.25, 0.3) is 6.02 Å². The van der Waals surface area contributed by atoms with Crippen molar-refractivity contribution in [3.63, 3.8) is 0 Å². The fourth-order valence-electron chi connectivity index (χ4n) is 2.78. The maximum Gasteiger partial charge on any atom is 0.287 e. The quantitative estimate of drug-likeness (QED) is 0.621. The summed E-state index contributed by atoms with van der Waals surface area (Å²) in [5, 5.41) is 9.70. The van der Waals surface area contributed by atoms with Crippen LogP contribution in [0.1, 0.15) is 0 Å². The third-order valence-electron chi connectivity index (χ3n) is 3.69. The van der Waals surface area contributed by atoms with Gasteiger partial charge in [0, 0.05) is 28.3 Å². The van der Waals surface area contributed by atoms with Crippen LogP contribution in [0.2, 0.25) is 0 Å². The van der Waals surface area contributed by atoms with E-state index in [1.807, 2.05) is 14.1 Å². The summed E-state index contributed by atoms with van der Waals surface area (Å²) in [6.07, 6.45) is -0.969. The molecule has 1 heterocycles. The molecule has 0 spiro atoms. The predicted molar refractivity (Wildman–Crippen MR) is 73.9 cm³/mol. The van der Waals surface area contributed by atoms with Gasteiger partial charge in [-0.05, 0) is 0 Å². The third kappa shape index (κ3) is 3.29. The average Bonchev–Trinajstić information content (AvgIpc) is 2.99. The second kappa shape index (κ2) is 7.37. The van der Waals surface area contributed by atoms with Gasteiger partial charge in [0.15, 0.2) is 0 Å². The van der Waals surface area contributed by atoms with Crippen LogP contribution in [-0.4, -0.2) is 88.9 Å². The summed E-state index contributed by atoms with van der Waals surface area (Å²) in [7, 11) is 6.82. The van der Waals surface area contributed by atoms with E-state index in [4.69, 9.17) is 23.7 Å². The molecule has 0 amide bonds. The largest absolute Gasteiger partial charge is 0.459 e. The van der Waals surface area contributed by atoms with Crippen molar-refractivity contribution in [3.8, 4) is 0 Å². The van der Waals surface area contributed by atoms with Gasteiger partial charge in [0.05, 0.1) is 18.6 Å². The molecule has 1 saturated carbocycles. The Morgan fingerprint density at radius 3 is 2.29 bits per heavy atom. The lowest BCUT2D eigenvalue weighted by atomic mass is 10.0. The minimum absolute atomic E-state index is 0.0708. The molecule has 0 saturated heterocycles. The van der Waals surface area contributed by atoms with E-state index in [9.17, 15) is 5.11 Å². The van der Waals surface area contributed by atoms with Crippen LogP contribution in [0.3, 0.4) is 0 Å². The first-order valence-electron chi connectivity index (χ1n) is 6.87. The molecule has 122 valence electrons. The Morgan fingerprint density at radius 2 is 1.76 bits per heavy atom. The second-order valence-electron chi connectivity index (χ2n) is 5.30. The molecule has 1 aliphatic carbocycles. The number of amidine groups is 1. The Labute approximate surface area is 124 Å². The van der Waals surface area contributed by atoms with E-state index in [-0.39, 0.29) is 50.5 Å². The van der Waals surface area contributed by atoms with Crippen LogP contribution in [0.4, 0.5) is 0 Å². The number of aliphatic imine (C=N–C) groups is 1.